The highest BCUT2D eigenvalue weighted by Crippen LogP contribution is 2.22. The van der Waals surface area contributed by atoms with E-state index in [4.69, 9.17) is 5.73 Å². The Labute approximate surface area is 124 Å². The summed E-state index contributed by atoms with van der Waals surface area (Å²) in [4.78, 5) is 14.3. The van der Waals surface area contributed by atoms with E-state index in [0.717, 1.165) is 12.0 Å². The standard InChI is InChI=1S/C17H20N2O2/c1-2-19(15-7-4-8-16(20)12-15)17(21)14-6-3-5-13(11-14)9-10-18/h3-8,11-12,20H,2,9-10,18H2,1H3. The number of carbonyl (C=O) groups is 1. The van der Waals surface area contributed by atoms with Crippen molar-refractivity contribution < 1.29 is 9.90 Å². The lowest BCUT2D eigenvalue weighted by atomic mass is 10.1. The average Bonchev–Trinajstić information content (AvgIpc) is 2.49. The van der Waals surface area contributed by atoms with Gasteiger partial charge >= 0.3 is 0 Å². The van der Waals surface area contributed by atoms with Crippen LogP contribution in [0.4, 0.5) is 5.69 Å². The van der Waals surface area contributed by atoms with Gasteiger partial charge in [-0.3, -0.25) is 4.79 Å². The SMILES string of the molecule is CCN(C(=O)c1cccc(CCN)c1)c1cccc(O)c1. The molecule has 0 atom stereocenters. The van der Waals surface area contributed by atoms with E-state index in [9.17, 15) is 9.90 Å². The van der Waals surface area contributed by atoms with Crippen molar-refractivity contribution in [3.63, 3.8) is 0 Å². The van der Waals surface area contributed by atoms with Crippen molar-refractivity contribution in [3.8, 4) is 5.75 Å². The molecule has 110 valence electrons. The number of rotatable bonds is 5. The fraction of sp³-hybridized carbons (Fsp3) is 0.235. The number of amides is 1. The van der Waals surface area contributed by atoms with Gasteiger partial charge in [0, 0.05) is 23.9 Å². The Bertz CT molecular complexity index is 626. The largest absolute Gasteiger partial charge is 0.508 e. The summed E-state index contributed by atoms with van der Waals surface area (Å²) in [6.45, 7) is 3.00. The molecule has 1 amide bonds. The minimum absolute atomic E-state index is 0.0815. The highest BCUT2D eigenvalue weighted by molar-refractivity contribution is 6.06. The lowest BCUT2D eigenvalue weighted by Gasteiger charge is -2.21. The van der Waals surface area contributed by atoms with E-state index in [2.05, 4.69) is 0 Å². The topological polar surface area (TPSA) is 66.6 Å². The Hall–Kier alpha value is -2.33. The summed E-state index contributed by atoms with van der Waals surface area (Å²) in [6.07, 6.45) is 0.749. The van der Waals surface area contributed by atoms with Crippen LogP contribution in [0.2, 0.25) is 0 Å². The lowest BCUT2D eigenvalue weighted by Crippen LogP contribution is -2.30. The number of hydrogen-bond donors (Lipinski definition) is 2. The quantitative estimate of drug-likeness (QED) is 0.886. The minimum atomic E-state index is -0.0815. The zero-order valence-corrected chi connectivity index (χ0v) is 12.1. The summed E-state index contributed by atoms with van der Waals surface area (Å²) in [7, 11) is 0. The Morgan fingerprint density at radius 1 is 1.19 bits per heavy atom. The molecule has 0 spiro atoms. The molecule has 4 nitrogen and oxygen atoms in total. The van der Waals surface area contributed by atoms with E-state index in [0.29, 0.717) is 24.3 Å². The number of phenols is 1. The van der Waals surface area contributed by atoms with Gasteiger partial charge in [-0.05, 0) is 49.7 Å². The zero-order chi connectivity index (χ0) is 15.2. The van der Waals surface area contributed by atoms with Gasteiger partial charge in [-0.2, -0.15) is 0 Å². The first-order chi connectivity index (χ1) is 10.2. The van der Waals surface area contributed by atoms with Gasteiger partial charge < -0.3 is 15.7 Å². The van der Waals surface area contributed by atoms with Crippen LogP contribution in [0.3, 0.4) is 0 Å². The first-order valence-electron chi connectivity index (χ1n) is 7.05. The van der Waals surface area contributed by atoms with Gasteiger partial charge in [-0.25, -0.2) is 0 Å². The molecular formula is C17H20N2O2. The van der Waals surface area contributed by atoms with Crippen LogP contribution in [0.5, 0.6) is 5.75 Å². The summed E-state index contributed by atoms with van der Waals surface area (Å²) in [6, 6.07) is 14.2. The van der Waals surface area contributed by atoms with Crippen molar-refractivity contribution in [2.24, 2.45) is 5.73 Å². The summed E-state index contributed by atoms with van der Waals surface area (Å²) in [5.74, 6) is 0.0672. The number of nitrogens with zero attached hydrogens (tertiary/aromatic N) is 1. The van der Waals surface area contributed by atoms with E-state index >= 15 is 0 Å². The fourth-order valence-corrected chi connectivity index (χ4v) is 2.29. The van der Waals surface area contributed by atoms with Gasteiger partial charge in [0.2, 0.25) is 0 Å². The van der Waals surface area contributed by atoms with Crippen molar-refractivity contribution in [3.05, 3.63) is 59.7 Å². The summed E-state index contributed by atoms with van der Waals surface area (Å²) in [5, 5.41) is 9.57. The Kier molecular flexibility index (Phi) is 4.95. The Balaban J connectivity index is 2.30. The van der Waals surface area contributed by atoms with Crippen LogP contribution in [-0.4, -0.2) is 24.1 Å². The van der Waals surface area contributed by atoms with Gasteiger partial charge in [0.25, 0.3) is 5.91 Å². The van der Waals surface area contributed by atoms with Gasteiger partial charge in [0.05, 0.1) is 0 Å². The molecule has 2 aromatic rings. The third-order valence-corrected chi connectivity index (χ3v) is 3.31. The van der Waals surface area contributed by atoms with Crippen LogP contribution < -0.4 is 10.6 Å². The van der Waals surface area contributed by atoms with Crippen molar-refractivity contribution in [2.45, 2.75) is 13.3 Å². The molecule has 4 heteroatoms. The molecule has 0 aliphatic carbocycles. The molecule has 0 fully saturated rings. The fourth-order valence-electron chi connectivity index (χ4n) is 2.29. The normalized spacial score (nSPS) is 10.4. The van der Waals surface area contributed by atoms with Crippen molar-refractivity contribution in [1.29, 1.82) is 0 Å². The summed E-state index contributed by atoms with van der Waals surface area (Å²) >= 11 is 0. The maximum absolute atomic E-state index is 12.7. The summed E-state index contributed by atoms with van der Waals surface area (Å²) < 4.78 is 0. The maximum atomic E-state index is 12.7. The van der Waals surface area contributed by atoms with E-state index in [-0.39, 0.29) is 11.7 Å². The minimum Gasteiger partial charge on any atom is -0.508 e. The van der Waals surface area contributed by atoms with Gasteiger partial charge in [0.15, 0.2) is 0 Å². The van der Waals surface area contributed by atoms with Gasteiger partial charge in [0.1, 0.15) is 5.75 Å². The number of anilines is 1. The molecule has 0 radical (unpaired) electrons. The number of nitrogens with two attached hydrogens (primary N) is 1. The molecule has 0 aliphatic heterocycles. The lowest BCUT2D eigenvalue weighted by molar-refractivity contribution is 0.0988. The van der Waals surface area contributed by atoms with Crippen molar-refractivity contribution in [1.82, 2.24) is 0 Å². The average molecular weight is 284 g/mol. The molecule has 0 heterocycles. The highest BCUT2D eigenvalue weighted by atomic mass is 16.3. The number of aromatic hydroxyl groups is 1. The third kappa shape index (κ3) is 3.61. The predicted octanol–water partition coefficient (Wildman–Crippen LogP) is 2.56. The monoisotopic (exact) mass is 284 g/mol. The van der Waals surface area contributed by atoms with Gasteiger partial charge in [-0.15, -0.1) is 0 Å². The highest BCUT2D eigenvalue weighted by Gasteiger charge is 2.16. The van der Waals surface area contributed by atoms with E-state index in [1.165, 1.54) is 0 Å². The number of benzene rings is 2. The van der Waals surface area contributed by atoms with Crippen LogP contribution in [0, 0.1) is 0 Å². The zero-order valence-electron chi connectivity index (χ0n) is 12.1. The van der Waals surface area contributed by atoms with Gasteiger partial charge in [-0.1, -0.05) is 18.2 Å². The molecule has 0 aromatic heterocycles. The second-order valence-corrected chi connectivity index (χ2v) is 4.81. The first-order valence-corrected chi connectivity index (χ1v) is 7.05. The second kappa shape index (κ2) is 6.90. The van der Waals surface area contributed by atoms with Crippen LogP contribution >= 0.6 is 0 Å². The molecule has 0 saturated heterocycles. The molecule has 0 unspecified atom stereocenters. The van der Waals surface area contributed by atoms with E-state index in [1.54, 1.807) is 29.2 Å². The molecular weight excluding hydrogens is 264 g/mol. The molecule has 21 heavy (non-hydrogen) atoms. The molecule has 3 N–H and O–H groups in total. The maximum Gasteiger partial charge on any atom is 0.258 e. The second-order valence-electron chi connectivity index (χ2n) is 4.81. The van der Waals surface area contributed by atoms with Crippen LogP contribution in [-0.2, 0) is 6.42 Å². The van der Waals surface area contributed by atoms with Crippen LogP contribution in [0.25, 0.3) is 0 Å². The molecule has 2 aromatic carbocycles. The smallest absolute Gasteiger partial charge is 0.258 e. The molecule has 2 rings (SSSR count). The van der Waals surface area contributed by atoms with Crippen molar-refractivity contribution >= 4 is 11.6 Å². The van der Waals surface area contributed by atoms with Crippen LogP contribution in [0.15, 0.2) is 48.5 Å². The van der Waals surface area contributed by atoms with E-state index in [1.807, 2.05) is 31.2 Å². The summed E-state index contributed by atoms with van der Waals surface area (Å²) in [5.41, 5.74) is 7.93. The van der Waals surface area contributed by atoms with E-state index < -0.39 is 0 Å². The third-order valence-electron chi connectivity index (χ3n) is 3.31. The first kappa shape index (κ1) is 15.1. The number of hydrogen-bond acceptors (Lipinski definition) is 3. The molecule has 0 aliphatic rings. The molecule has 0 saturated carbocycles. The number of phenolic OH excluding ortho intramolecular Hbond substituents is 1. The molecule has 0 bridgehead atoms. The number of carbonyl (C=O) groups excluding carboxylic acids is 1. The predicted molar refractivity (Wildman–Crippen MR) is 84.7 cm³/mol. The Morgan fingerprint density at radius 3 is 2.62 bits per heavy atom. The van der Waals surface area contributed by atoms with Crippen LogP contribution in [0.1, 0.15) is 22.8 Å². The van der Waals surface area contributed by atoms with Crippen molar-refractivity contribution in [2.75, 3.05) is 18.0 Å². The Morgan fingerprint density at radius 2 is 1.95 bits per heavy atom.